The number of ether oxygens (including phenoxy) is 1. The van der Waals surface area contributed by atoms with Crippen molar-refractivity contribution in [2.24, 2.45) is 5.10 Å². The van der Waals surface area contributed by atoms with Crippen LogP contribution in [0.25, 0.3) is 0 Å². The standard InChI is InChI=1S/C25H25N3O3/c1-19-7-11-22(12-8-19)25(30)28-27-17-21-9-13-23(14-10-21)31-18-24(29)26-16-15-20-5-3-2-4-6-20/h2-14,17H,15-16,18H2,1H3,(H,26,29)(H,28,30)/b27-17+. The fraction of sp³-hybridized carbons (Fsp3) is 0.160. The fourth-order valence-corrected chi connectivity index (χ4v) is 2.78. The van der Waals surface area contributed by atoms with Crippen molar-refractivity contribution in [2.75, 3.05) is 13.2 Å². The van der Waals surface area contributed by atoms with Crippen molar-refractivity contribution in [2.45, 2.75) is 13.3 Å². The molecule has 3 aromatic carbocycles. The van der Waals surface area contributed by atoms with Gasteiger partial charge in [0.25, 0.3) is 11.8 Å². The number of hydrogen-bond donors (Lipinski definition) is 2. The Hall–Kier alpha value is -3.93. The molecular formula is C25H25N3O3. The van der Waals surface area contributed by atoms with E-state index in [1.54, 1.807) is 42.6 Å². The second kappa shape index (κ2) is 11.3. The zero-order valence-corrected chi connectivity index (χ0v) is 17.4. The van der Waals surface area contributed by atoms with E-state index >= 15 is 0 Å². The maximum Gasteiger partial charge on any atom is 0.271 e. The van der Waals surface area contributed by atoms with Gasteiger partial charge in [-0.3, -0.25) is 9.59 Å². The Labute approximate surface area is 182 Å². The number of nitrogens with one attached hydrogen (secondary N) is 2. The molecule has 0 aliphatic heterocycles. The van der Waals surface area contributed by atoms with Crippen molar-refractivity contribution >= 4 is 18.0 Å². The van der Waals surface area contributed by atoms with E-state index in [0.717, 1.165) is 17.5 Å². The minimum Gasteiger partial charge on any atom is -0.484 e. The second-order valence-corrected chi connectivity index (χ2v) is 7.01. The van der Waals surface area contributed by atoms with Crippen LogP contribution in [0.5, 0.6) is 5.75 Å². The van der Waals surface area contributed by atoms with Crippen LogP contribution in [0.15, 0.2) is 84.0 Å². The summed E-state index contributed by atoms with van der Waals surface area (Å²) in [6.45, 7) is 2.48. The number of hydrogen-bond acceptors (Lipinski definition) is 4. The normalized spacial score (nSPS) is 10.6. The minimum absolute atomic E-state index is 0.0468. The monoisotopic (exact) mass is 415 g/mol. The van der Waals surface area contributed by atoms with Crippen LogP contribution in [0.3, 0.4) is 0 Å². The molecule has 0 bridgehead atoms. The van der Waals surface area contributed by atoms with Crippen molar-refractivity contribution < 1.29 is 14.3 Å². The molecule has 0 aromatic heterocycles. The molecule has 2 amide bonds. The number of nitrogens with zero attached hydrogens (tertiary/aromatic N) is 1. The van der Waals surface area contributed by atoms with Gasteiger partial charge in [0.15, 0.2) is 6.61 Å². The second-order valence-electron chi connectivity index (χ2n) is 7.01. The van der Waals surface area contributed by atoms with E-state index in [4.69, 9.17) is 4.74 Å². The molecule has 0 spiro atoms. The highest BCUT2D eigenvalue weighted by atomic mass is 16.5. The molecule has 0 heterocycles. The predicted molar refractivity (Wildman–Crippen MR) is 121 cm³/mol. The average molecular weight is 415 g/mol. The summed E-state index contributed by atoms with van der Waals surface area (Å²) in [6, 6.07) is 24.3. The highest BCUT2D eigenvalue weighted by Crippen LogP contribution is 2.11. The summed E-state index contributed by atoms with van der Waals surface area (Å²) < 4.78 is 5.51. The van der Waals surface area contributed by atoms with Gasteiger partial charge in [0, 0.05) is 12.1 Å². The zero-order chi connectivity index (χ0) is 21.9. The SMILES string of the molecule is Cc1ccc(C(=O)N/N=C/c2ccc(OCC(=O)NCCc3ccccc3)cc2)cc1. The Kier molecular flexibility index (Phi) is 7.94. The molecule has 31 heavy (non-hydrogen) atoms. The molecule has 0 saturated carbocycles. The number of hydrazone groups is 1. The number of carbonyl (C=O) groups excluding carboxylic acids is 2. The lowest BCUT2D eigenvalue weighted by atomic mass is 10.1. The van der Waals surface area contributed by atoms with Gasteiger partial charge < -0.3 is 10.1 Å². The Morgan fingerprint density at radius 3 is 2.35 bits per heavy atom. The lowest BCUT2D eigenvalue weighted by molar-refractivity contribution is -0.123. The van der Waals surface area contributed by atoms with Crippen molar-refractivity contribution in [3.63, 3.8) is 0 Å². The van der Waals surface area contributed by atoms with Gasteiger partial charge in [-0.15, -0.1) is 0 Å². The minimum atomic E-state index is -0.269. The molecule has 0 fully saturated rings. The van der Waals surface area contributed by atoms with Crippen LogP contribution in [-0.4, -0.2) is 31.2 Å². The van der Waals surface area contributed by atoms with E-state index in [0.29, 0.717) is 17.9 Å². The van der Waals surface area contributed by atoms with Gasteiger partial charge in [-0.1, -0.05) is 48.0 Å². The zero-order valence-electron chi connectivity index (χ0n) is 17.4. The van der Waals surface area contributed by atoms with E-state index in [1.165, 1.54) is 5.56 Å². The first-order valence-electron chi connectivity index (χ1n) is 10.0. The molecule has 0 radical (unpaired) electrons. The summed E-state index contributed by atoms with van der Waals surface area (Å²) in [5.41, 5.74) is 6.11. The largest absolute Gasteiger partial charge is 0.484 e. The summed E-state index contributed by atoms with van der Waals surface area (Å²) in [5.74, 6) is 0.147. The number of carbonyl (C=O) groups is 2. The van der Waals surface area contributed by atoms with Gasteiger partial charge in [0.2, 0.25) is 0 Å². The maximum absolute atomic E-state index is 12.0. The first-order chi connectivity index (χ1) is 15.1. The summed E-state index contributed by atoms with van der Waals surface area (Å²) in [5, 5.41) is 6.82. The molecule has 0 unspecified atom stereocenters. The molecule has 3 aromatic rings. The molecule has 2 N–H and O–H groups in total. The smallest absolute Gasteiger partial charge is 0.271 e. The molecular weight excluding hydrogens is 390 g/mol. The van der Waals surface area contributed by atoms with Gasteiger partial charge in [-0.25, -0.2) is 5.43 Å². The highest BCUT2D eigenvalue weighted by Gasteiger charge is 2.04. The Morgan fingerprint density at radius 2 is 1.65 bits per heavy atom. The quantitative estimate of drug-likeness (QED) is 0.415. The third-order valence-electron chi connectivity index (χ3n) is 4.52. The van der Waals surface area contributed by atoms with Gasteiger partial charge in [0.05, 0.1) is 6.21 Å². The molecule has 0 saturated heterocycles. The molecule has 0 aliphatic carbocycles. The van der Waals surface area contributed by atoms with Gasteiger partial charge in [-0.05, 0) is 60.9 Å². The predicted octanol–water partition coefficient (Wildman–Crippen LogP) is 3.50. The van der Waals surface area contributed by atoms with Gasteiger partial charge >= 0.3 is 0 Å². The van der Waals surface area contributed by atoms with Crippen molar-refractivity contribution in [1.29, 1.82) is 0 Å². The average Bonchev–Trinajstić information content (AvgIpc) is 2.79. The van der Waals surface area contributed by atoms with E-state index in [-0.39, 0.29) is 18.4 Å². The summed E-state index contributed by atoms with van der Waals surface area (Å²) in [7, 11) is 0. The van der Waals surface area contributed by atoms with Crippen LogP contribution in [0, 0.1) is 6.92 Å². The van der Waals surface area contributed by atoms with E-state index in [2.05, 4.69) is 15.8 Å². The van der Waals surface area contributed by atoms with Crippen LogP contribution in [0.2, 0.25) is 0 Å². The number of aryl methyl sites for hydroxylation is 1. The van der Waals surface area contributed by atoms with E-state index in [1.807, 2.05) is 49.4 Å². The topological polar surface area (TPSA) is 79.8 Å². The molecule has 3 rings (SSSR count). The van der Waals surface area contributed by atoms with Crippen LogP contribution in [0.4, 0.5) is 0 Å². The van der Waals surface area contributed by atoms with Crippen LogP contribution in [-0.2, 0) is 11.2 Å². The fourth-order valence-electron chi connectivity index (χ4n) is 2.78. The molecule has 0 aliphatic rings. The highest BCUT2D eigenvalue weighted by molar-refractivity contribution is 5.94. The Balaban J connectivity index is 1.38. The third-order valence-corrected chi connectivity index (χ3v) is 4.52. The lowest BCUT2D eigenvalue weighted by Crippen LogP contribution is -2.30. The summed E-state index contributed by atoms with van der Waals surface area (Å²) in [4.78, 5) is 23.9. The van der Waals surface area contributed by atoms with E-state index in [9.17, 15) is 9.59 Å². The van der Waals surface area contributed by atoms with Gasteiger partial charge in [-0.2, -0.15) is 5.10 Å². The number of amides is 2. The Bertz CT molecular complexity index is 1010. The first kappa shape index (κ1) is 21.8. The van der Waals surface area contributed by atoms with E-state index < -0.39 is 0 Å². The Morgan fingerprint density at radius 1 is 0.935 bits per heavy atom. The summed E-state index contributed by atoms with van der Waals surface area (Å²) >= 11 is 0. The lowest BCUT2D eigenvalue weighted by Gasteiger charge is -2.08. The number of rotatable bonds is 9. The number of benzene rings is 3. The third kappa shape index (κ3) is 7.44. The molecule has 6 heteroatoms. The molecule has 6 nitrogen and oxygen atoms in total. The van der Waals surface area contributed by atoms with Crippen LogP contribution in [0.1, 0.15) is 27.0 Å². The van der Waals surface area contributed by atoms with Crippen molar-refractivity contribution in [1.82, 2.24) is 10.7 Å². The van der Waals surface area contributed by atoms with Crippen molar-refractivity contribution in [3.8, 4) is 5.75 Å². The molecule has 158 valence electrons. The van der Waals surface area contributed by atoms with Crippen LogP contribution < -0.4 is 15.5 Å². The maximum atomic E-state index is 12.0. The molecule has 0 atom stereocenters. The van der Waals surface area contributed by atoms with Crippen LogP contribution >= 0.6 is 0 Å². The summed E-state index contributed by atoms with van der Waals surface area (Å²) in [6.07, 6.45) is 2.33. The first-order valence-corrected chi connectivity index (χ1v) is 10.0. The van der Waals surface area contributed by atoms with Crippen molar-refractivity contribution in [3.05, 3.63) is 101 Å². The van der Waals surface area contributed by atoms with Gasteiger partial charge in [0.1, 0.15) is 5.75 Å².